The van der Waals surface area contributed by atoms with E-state index in [1.54, 1.807) is 23.6 Å². The summed E-state index contributed by atoms with van der Waals surface area (Å²) in [6.45, 7) is 17.2. The lowest BCUT2D eigenvalue weighted by Gasteiger charge is -2.41. The quantitative estimate of drug-likeness (QED) is 0.309. The molecule has 1 atom stereocenters. The Morgan fingerprint density at radius 2 is 2.00 bits per heavy atom. The van der Waals surface area contributed by atoms with Crippen LogP contribution in [0.25, 0.3) is 5.65 Å². The van der Waals surface area contributed by atoms with E-state index in [1.165, 1.54) is 0 Å². The van der Waals surface area contributed by atoms with Gasteiger partial charge in [-0.2, -0.15) is 9.61 Å². The van der Waals surface area contributed by atoms with Crippen LogP contribution < -0.4 is 4.90 Å². The summed E-state index contributed by atoms with van der Waals surface area (Å²) in [5.74, 6) is 0.200. The monoisotopic (exact) mass is 472 g/mol. The molecule has 1 saturated heterocycles. The smallest absolute Gasteiger partial charge is 0.340 e. The molecule has 186 valence electrons. The molecule has 0 aliphatic carbocycles. The number of aromatic nitrogens is 3. The standard InChI is InChI=1S/C25H36N4O5/c1-8-14-33-25(7)10-12-28(13-11-25)22-20(21(23(31)32-9-2)34-24(4,5)6)17(3)26-19-15-18(16-30)27-29(19)22/h8,15-16,21H,1,9-14H2,2-7H3. The van der Waals surface area contributed by atoms with Crippen LogP contribution in [-0.4, -0.2) is 64.4 Å². The molecule has 3 heterocycles. The van der Waals surface area contributed by atoms with Crippen LogP contribution in [0.5, 0.6) is 0 Å². The van der Waals surface area contributed by atoms with E-state index in [2.05, 4.69) is 28.5 Å². The van der Waals surface area contributed by atoms with E-state index in [9.17, 15) is 9.59 Å². The van der Waals surface area contributed by atoms with Crippen molar-refractivity contribution in [3.05, 3.63) is 35.7 Å². The van der Waals surface area contributed by atoms with Crippen molar-refractivity contribution in [1.29, 1.82) is 0 Å². The van der Waals surface area contributed by atoms with Crippen molar-refractivity contribution in [3.8, 4) is 0 Å². The first-order chi connectivity index (χ1) is 16.0. The van der Waals surface area contributed by atoms with E-state index in [-0.39, 0.29) is 17.9 Å². The van der Waals surface area contributed by atoms with Gasteiger partial charge >= 0.3 is 5.97 Å². The zero-order chi connectivity index (χ0) is 25.1. The number of aryl methyl sites for hydroxylation is 1. The maximum absolute atomic E-state index is 13.1. The van der Waals surface area contributed by atoms with E-state index < -0.39 is 17.7 Å². The van der Waals surface area contributed by atoms with Crippen molar-refractivity contribution in [2.75, 3.05) is 31.2 Å². The molecule has 2 aromatic heterocycles. The number of nitrogens with zero attached hydrogens (tertiary/aromatic N) is 4. The summed E-state index contributed by atoms with van der Waals surface area (Å²) in [5.41, 5.74) is 1.13. The van der Waals surface area contributed by atoms with Crippen LogP contribution in [-0.2, 0) is 19.0 Å². The SMILES string of the molecule is C=CCOC1(C)CCN(c2c(C(OC(C)(C)C)C(=O)OCC)c(C)nc3cc(C=O)nn23)CC1. The van der Waals surface area contributed by atoms with Crippen LogP contribution in [0.4, 0.5) is 5.82 Å². The summed E-state index contributed by atoms with van der Waals surface area (Å²) in [5, 5.41) is 4.47. The highest BCUT2D eigenvalue weighted by Gasteiger charge is 2.38. The van der Waals surface area contributed by atoms with Gasteiger partial charge in [-0.25, -0.2) is 9.78 Å². The summed E-state index contributed by atoms with van der Waals surface area (Å²) in [6.07, 6.45) is 2.99. The molecule has 9 nitrogen and oxygen atoms in total. The first kappa shape index (κ1) is 25.8. The first-order valence-corrected chi connectivity index (χ1v) is 11.7. The second-order valence-corrected chi connectivity index (χ2v) is 9.79. The highest BCUT2D eigenvalue weighted by molar-refractivity contribution is 5.81. The number of hydrogen-bond donors (Lipinski definition) is 0. The second kappa shape index (κ2) is 10.2. The Morgan fingerprint density at radius 3 is 2.56 bits per heavy atom. The van der Waals surface area contributed by atoms with Crippen LogP contribution >= 0.6 is 0 Å². The molecule has 0 saturated carbocycles. The lowest BCUT2D eigenvalue weighted by atomic mass is 9.92. The molecule has 3 rings (SSSR count). The third kappa shape index (κ3) is 5.64. The van der Waals surface area contributed by atoms with Gasteiger partial charge in [-0.3, -0.25) is 4.79 Å². The van der Waals surface area contributed by atoms with Gasteiger partial charge in [0.15, 0.2) is 18.0 Å². The van der Waals surface area contributed by atoms with Gasteiger partial charge in [-0.1, -0.05) is 6.08 Å². The number of anilines is 1. The predicted molar refractivity (Wildman–Crippen MR) is 129 cm³/mol. The molecule has 0 spiro atoms. The predicted octanol–water partition coefficient (Wildman–Crippen LogP) is 3.83. The Labute approximate surface area is 201 Å². The molecule has 0 amide bonds. The lowest BCUT2D eigenvalue weighted by molar-refractivity contribution is -0.166. The van der Waals surface area contributed by atoms with Gasteiger partial charge in [-0.15, -0.1) is 6.58 Å². The Morgan fingerprint density at radius 1 is 1.32 bits per heavy atom. The summed E-state index contributed by atoms with van der Waals surface area (Å²) in [7, 11) is 0. The number of rotatable bonds is 9. The molecule has 0 bridgehead atoms. The van der Waals surface area contributed by atoms with Gasteiger partial charge in [-0.05, 0) is 54.4 Å². The summed E-state index contributed by atoms with van der Waals surface area (Å²) in [6, 6.07) is 1.64. The Balaban J connectivity index is 2.15. The van der Waals surface area contributed by atoms with Gasteiger partial charge < -0.3 is 19.1 Å². The van der Waals surface area contributed by atoms with Crippen molar-refractivity contribution < 1.29 is 23.8 Å². The molecular formula is C25H36N4O5. The second-order valence-electron chi connectivity index (χ2n) is 9.79. The van der Waals surface area contributed by atoms with Crippen LogP contribution in [0.2, 0.25) is 0 Å². The van der Waals surface area contributed by atoms with E-state index >= 15 is 0 Å². The molecule has 0 N–H and O–H groups in total. The number of fused-ring (bicyclic) bond motifs is 1. The molecule has 1 unspecified atom stereocenters. The molecule has 0 radical (unpaired) electrons. The van der Waals surface area contributed by atoms with Gasteiger partial charge in [0.05, 0.1) is 30.0 Å². The molecule has 1 aliphatic rings. The van der Waals surface area contributed by atoms with Crippen molar-refractivity contribution in [2.45, 2.75) is 71.7 Å². The number of carbonyl (C=O) groups excluding carboxylic acids is 2. The third-order valence-electron chi connectivity index (χ3n) is 5.85. The highest BCUT2D eigenvalue weighted by Crippen LogP contribution is 2.38. The van der Waals surface area contributed by atoms with Gasteiger partial charge in [0, 0.05) is 24.8 Å². The van der Waals surface area contributed by atoms with Crippen LogP contribution in [0.1, 0.15) is 75.3 Å². The van der Waals surface area contributed by atoms with Crippen molar-refractivity contribution >= 4 is 23.7 Å². The average molecular weight is 473 g/mol. The molecule has 34 heavy (non-hydrogen) atoms. The minimum absolute atomic E-state index is 0.229. The minimum Gasteiger partial charge on any atom is -0.464 e. The summed E-state index contributed by atoms with van der Waals surface area (Å²) >= 11 is 0. The highest BCUT2D eigenvalue weighted by atomic mass is 16.6. The van der Waals surface area contributed by atoms with E-state index in [1.807, 2.05) is 27.7 Å². The summed E-state index contributed by atoms with van der Waals surface area (Å²) in [4.78, 5) is 31.4. The minimum atomic E-state index is -0.999. The topological polar surface area (TPSA) is 95.3 Å². The van der Waals surface area contributed by atoms with Crippen LogP contribution in [0.3, 0.4) is 0 Å². The molecule has 2 aromatic rings. The zero-order valence-corrected chi connectivity index (χ0v) is 21.1. The maximum Gasteiger partial charge on any atom is 0.340 e. The van der Waals surface area contributed by atoms with Gasteiger partial charge in [0.2, 0.25) is 0 Å². The van der Waals surface area contributed by atoms with E-state index in [4.69, 9.17) is 14.2 Å². The average Bonchev–Trinajstić information content (AvgIpc) is 3.18. The number of carbonyl (C=O) groups is 2. The third-order valence-corrected chi connectivity index (χ3v) is 5.85. The molecule has 1 fully saturated rings. The largest absolute Gasteiger partial charge is 0.464 e. The lowest BCUT2D eigenvalue weighted by Crippen LogP contribution is -2.45. The molecule has 0 aromatic carbocycles. The fourth-order valence-electron chi connectivity index (χ4n) is 4.19. The van der Waals surface area contributed by atoms with Crippen LogP contribution in [0.15, 0.2) is 18.7 Å². The Kier molecular flexibility index (Phi) is 7.77. The Bertz CT molecular complexity index is 1050. The molecule has 9 heteroatoms. The van der Waals surface area contributed by atoms with Gasteiger partial charge in [0.25, 0.3) is 0 Å². The molecule has 1 aliphatic heterocycles. The maximum atomic E-state index is 13.1. The number of hydrogen-bond acceptors (Lipinski definition) is 8. The van der Waals surface area contributed by atoms with Crippen molar-refractivity contribution in [2.24, 2.45) is 0 Å². The number of ether oxygens (including phenoxy) is 3. The summed E-state index contributed by atoms with van der Waals surface area (Å²) < 4.78 is 19.3. The Hall–Kier alpha value is -2.78. The number of piperidine rings is 1. The molecular weight excluding hydrogens is 436 g/mol. The zero-order valence-electron chi connectivity index (χ0n) is 21.1. The van der Waals surface area contributed by atoms with E-state index in [0.29, 0.717) is 48.7 Å². The number of esters is 1. The fourth-order valence-corrected chi connectivity index (χ4v) is 4.19. The fraction of sp³-hybridized carbons (Fsp3) is 0.600. The first-order valence-electron chi connectivity index (χ1n) is 11.7. The van der Waals surface area contributed by atoms with Crippen molar-refractivity contribution in [1.82, 2.24) is 14.6 Å². The van der Waals surface area contributed by atoms with Crippen LogP contribution in [0, 0.1) is 6.92 Å². The normalized spacial score (nSPS) is 16.9. The van der Waals surface area contributed by atoms with Crippen molar-refractivity contribution in [3.63, 3.8) is 0 Å². The number of aldehydes is 1. The van der Waals surface area contributed by atoms with E-state index in [0.717, 1.165) is 12.8 Å². The van der Waals surface area contributed by atoms with Gasteiger partial charge in [0.1, 0.15) is 11.5 Å².